The molecule has 0 aliphatic rings. The molecule has 0 saturated heterocycles. The molecule has 2 rings (SSSR count). The molecule has 0 radical (unpaired) electrons. The summed E-state index contributed by atoms with van der Waals surface area (Å²) in [6.07, 6.45) is -3.08. The molecule has 0 atom stereocenters. The van der Waals surface area contributed by atoms with Crippen LogP contribution in [0.3, 0.4) is 0 Å². The zero-order chi connectivity index (χ0) is 24.5. The molecule has 172 valence electrons. The van der Waals surface area contributed by atoms with Gasteiger partial charge in [0.05, 0.1) is 11.6 Å². The van der Waals surface area contributed by atoms with Crippen molar-refractivity contribution in [2.75, 3.05) is 0 Å². The third-order valence-electron chi connectivity index (χ3n) is 5.91. The van der Waals surface area contributed by atoms with Gasteiger partial charge in [-0.05, 0) is 70.3 Å². The fraction of sp³-hybridized carbons (Fsp3) is 0.423. The third kappa shape index (κ3) is 5.85. The van der Waals surface area contributed by atoms with Gasteiger partial charge in [-0.25, -0.2) is 0 Å². The van der Waals surface area contributed by atoms with Gasteiger partial charge in [0.2, 0.25) is 0 Å². The normalized spacial score (nSPS) is 13.2. The van der Waals surface area contributed by atoms with Gasteiger partial charge in [-0.15, -0.1) is 13.2 Å². The first-order valence-electron chi connectivity index (χ1n) is 10.4. The van der Waals surface area contributed by atoms with Gasteiger partial charge >= 0.3 is 6.36 Å². The summed E-state index contributed by atoms with van der Waals surface area (Å²) in [6.45, 7) is 14.3. The van der Waals surface area contributed by atoms with Gasteiger partial charge in [0, 0.05) is 11.1 Å². The number of aromatic hydroxyl groups is 1. The van der Waals surface area contributed by atoms with Crippen molar-refractivity contribution in [3.8, 4) is 17.6 Å². The molecule has 3 nitrogen and oxygen atoms in total. The van der Waals surface area contributed by atoms with Crippen molar-refractivity contribution in [1.82, 2.24) is 0 Å². The van der Waals surface area contributed by atoms with E-state index in [0.717, 1.165) is 16.7 Å². The smallest absolute Gasteiger partial charge is 0.507 e. The van der Waals surface area contributed by atoms with Crippen LogP contribution in [0.5, 0.6) is 11.5 Å². The Kier molecular flexibility index (Phi) is 7.04. The van der Waals surface area contributed by atoms with Gasteiger partial charge in [-0.1, -0.05) is 48.5 Å². The first-order valence-corrected chi connectivity index (χ1v) is 10.4. The lowest BCUT2D eigenvalue weighted by molar-refractivity contribution is -0.274. The Labute approximate surface area is 188 Å². The molecule has 2 aromatic rings. The molecule has 0 aromatic heterocycles. The van der Waals surface area contributed by atoms with E-state index in [0.29, 0.717) is 11.1 Å². The number of phenols is 1. The van der Waals surface area contributed by atoms with Crippen molar-refractivity contribution in [3.05, 3.63) is 58.7 Å². The van der Waals surface area contributed by atoms with Crippen LogP contribution in [0, 0.1) is 17.2 Å². The second kappa shape index (κ2) is 8.90. The van der Waals surface area contributed by atoms with Crippen LogP contribution in [0.2, 0.25) is 0 Å². The molecule has 2 aromatic carbocycles. The Morgan fingerprint density at radius 2 is 1.53 bits per heavy atom. The van der Waals surface area contributed by atoms with E-state index in [-0.39, 0.29) is 28.2 Å². The standard InChI is InChI=1S/C26H30F3NO2/c1-16(2)25(6,7)22-14-17(13-21(23(22)31)24(3,4)5)12-19(15-30)18-8-10-20(11-9-18)32-26(27,28)29/h8-14,16,31H,1-7H3/b19-12+. The minimum Gasteiger partial charge on any atom is -0.507 e. The average Bonchev–Trinajstić information content (AvgIpc) is 2.65. The second-order valence-electron chi connectivity index (χ2n) is 9.83. The van der Waals surface area contributed by atoms with Gasteiger partial charge in [0.1, 0.15) is 11.5 Å². The fourth-order valence-electron chi connectivity index (χ4n) is 3.30. The number of phenolic OH excluding ortho intramolecular Hbond substituents is 1. The molecule has 32 heavy (non-hydrogen) atoms. The third-order valence-corrected chi connectivity index (χ3v) is 5.91. The maximum absolute atomic E-state index is 12.4. The van der Waals surface area contributed by atoms with E-state index in [1.54, 1.807) is 6.08 Å². The SMILES string of the molecule is CC(C)C(C)(C)c1cc(/C=C(\C#N)c2ccc(OC(F)(F)F)cc2)cc(C(C)(C)C)c1O. The predicted molar refractivity (Wildman–Crippen MR) is 121 cm³/mol. The number of ether oxygens (including phenoxy) is 1. The number of hydrogen-bond acceptors (Lipinski definition) is 3. The van der Waals surface area contributed by atoms with Crippen molar-refractivity contribution >= 4 is 11.6 Å². The van der Waals surface area contributed by atoms with Crippen LogP contribution in [0.4, 0.5) is 13.2 Å². The van der Waals surface area contributed by atoms with E-state index < -0.39 is 6.36 Å². The van der Waals surface area contributed by atoms with Gasteiger partial charge in [-0.3, -0.25) is 0 Å². The molecule has 0 aliphatic heterocycles. The molecule has 0 bridgehead atoms. The van der Waals surface area contributed by atoms with Crippen molar-refractivity contribution in [3.63, 3.8) is 0 Å². The largest absolute Gasteiger partial charge is 0.573 e. The Morgan fingerprint density at radius 1 is 1.00 bits per heavy atom. The van der Waals surface area contributed by atoms with Gasteiger partial charge in [0.25, 0.3) is 0 Å². The van der Waals surface area contributed by atoms with Crippen LogP contribution < -0.4 is 4.74 Å². The summed E-state index contributed by atoms with van der Waals surface area (Å²) < 4.78 is 41.1. The molecular weight excluding hydrogens is 415 g/mol. The Hall–Kier alpha value is -2.94. The van der Waals surface area contributed by atoms with Crippen LogP contribution in [-0.4, -0.2) is 11.5 Å². The summed E-state index contributed by atoms with van der Waals surface area (Å²) >= 11 is 0. The molecular formula is C26H30F3NO2. The Balaban J connectivity index is 2.61. The van der Waals surface area contributed by atoms with E-state index in [2.05, 4.69) is 38.5 Å². The fourth-order valence-corrected chi connectivity index (χ4v) is 3.30. The number of allylic oxidation sites excluding steroid dienone is 1. The van der Waals surface area contributed by atoms with Gasteiger partial charge < -0.3 is 9.84 Å². The first-order chi connectivity index (χ1) is 14.6. The number of alkyl halides is 3. The highest BCUT2D eigenvalue weighted by Crippen LogP contribution is 2.43. The number of benzene rings is 2. The molecule has 0 aliphatic carbocycles. The zero-order valence-corrected chi connectivity index (χ0v) is 19.6. The van der Waals surface area contributed by atoms with Crippen molar-refractivity contribution in [1.29, 1.82) is 5.26 Å². The summed E-state index contributed by atoms with van der Waals surface area (Å²) in [6, 6.07) is 11.0. The minimum absolute atomic E-state index is 0.247. The van der Waals surface area contributed by atoms with Crippen molar-refractivity contribution < 1.29 is 23.0 Å². The predicted octanol–water partition coefficient (Wildman–Crippen LogP) is 7.59. The summed E-state index contributed by atoms with van der Waals surface area (Å²) in [4.78, 5) is 0. The molecule has 6 heteroatoms. The molecule has 0 amide bonds. The van der Waals surface area contributed by atoms with Gasteiger partial charge in [-0.2, -0.15) is 5.26 Å². The lowest BCUT2D eigenvalue weighted by atomic mass is 9.72. The van der Waals surface area contributed by atoms with Crippen LogP contribution in [0.15, 0.2) is 36.4 Å². The maximum Gasteiger partial charge on any atom is 0.573 e. The average molecular weight is 446 g/mol. The number of nitrogens with zero attached hydrogens (tertiary/aromatic N) is 1. The molecule has 0 heterocycles. The Bertz CT molecular complexity index is 1030. The highest BCUT2D eigenvalue weighted by Gasteiger charge is 2.32. The van der Waals surface area contributed by atoms with Crippen LogP contribution in [0.25, 0.3) is 11.6 Å². The lowest BCUT2D eigenvalue weighted by Crippen LogP contribution is -2.26. The lowest BCUT2D eigenvalue weighted by Gasteiger charge is -2.33. The van der Waals surface area contributed by atoms with Gasteiger partial charge in [0.15, 0.2) is 0 Å². The number of nitriles is 1. The molecule has 0 saturated carbocycles. The molecule has 0 unspecified atom stereocenters. The Morgan fingerprint density at radius 3 is 1.97 bits per heavy atom. The monoisotopic (exact) mass is 445 g/mol. The zero-order valence-electron chi connectivity index (χ0n) is 19.6. The highest BCUT2D eigenvalue weighted by atomic mass is 19.4. The topological polar surface area (TPSA) is 53.2 Å². The minimum atomic E-state index is -4.77. The summed E-state index contributed by atoms with van der Waals surface area (Å²) in [5, 5.41) is 20.8. The van der Waals surface area contributed by atoms with Crippen molar-refractivity contribution in [2.45, 2.75) is 65.7 Å². The van der Waals surface area contributed by atoms with E-state index >= 15 is 0 Å². The number of rotatable bonds is 5. The van der Waals surface area contributed by atoms with Crippen molar-refractivity contribution in [2.24, 2.45) is 5.92 Å². The number of hydrogen-bond donors (Lipinski definition) is 1. The number of halogens is 3. The van der Waals surface area contributed by atoms with E-state index in [9.17, 15) is 23.5 Å². The van der Waals surface area contributed by atoms with E-state index in [4.69, 9.17) is 0 Å². The van der Waals surface area contributed by atoms with Crippen LogP contribution >= 0.6 is 0 Å². The highest BCUT2D eigenvalue weighted by molar-refractivity contribution is 5.90. The molecule has 1 N–H and O–H groups in total. The summed E-state index contributed by atoms with van der Waals surface area (Å²) in [7, 11) is 0. The van der Waals surface area contributed by atoms with Crippen LogP contribution in [-0.2, 0) is 10.8 Å². The quantitative estimate of drug-likeness (QED) is 0.381. The summed E-state index contributed by atoms with van der Waals surface area (Å²) in [5.74, 6) is 0.150. The molecule has 0 spiro atoms. The second-order valence-corrected chi connectivity index (χ2v) is 9.83. The molecule has 0 fully saturated rings. The maximum atomic E-state index is 12.4. The first kappa shape index (κ1) is 25.3. The van der Waals surface area contributed by atoms with E-state index in [1.165, 1.54) is 24.3 Å². The summed E-state index contributed by atoms with van der Waals surface area (Å²) in [5.41, 5.74) is 2.40. The van der Waals surface area contributed by atoms with E-state index in [1.807, 2.05) is 32.9 Å². The van der Waals surface area contributed by atoms with Crippen LogP contribution in [0.1, 0.15) is 70.7 Å².